The molecule has 0 aliphatic heterocycles. The van der Waals surface area contributed by atoms with E-state index in [-0.39, 0.29) is 42.1 Å². The second-order valence-electron chi connectivity index (χ2n) is 9.36. The Morgan fingerprint density at radius 3 is 2.79 bits per heavy atom. The molecule has 4 aromatic rings. The SMILES string of the molecule is CC(C)CN(c1ccccc1CCC(O)CNC(=O)OCc1cncs1)S(=O)(=O)c1ccc2nc(N)oc2c1. The minimum absolute atomic E-state index is 0.00196. The molecule has 0 radical (unpaired) electrons. The number of sulfonamides is 1. The number of anilines is 2. The van der Waals surface area contributed by atoms with Gasteiger partial charge in [0.15, 0.2) is 5.58 Å². The van der Waals surface area contributed by atoms with Crippen molar-refractivity contribution in [1.29, 1.82) is 0 Å². The van der Waals surface area contributed by atoms with Crippen LogP contribution in [-0.2, 0) is 27.8 Å². The normalized spacial score (nSPS) is 12.5. The highest BCUT2D eigenvalue weighted by molar-refractivity contribution is 7.92. The van der Waals surface area contributed by atoms with Crippen LogP contribution in [-0.4, -0.2) is 48.8 Å². The molecule has 13 heteroatoms. The van der Waals surface area contributed by atoms with Crippen LogP contribution in [0.3, 0.4) is 0 Å². The molecule has 4 N–H and O–H groups in total. The average Bonchev–Trinajstić information content (AvgIpc) is 3.56. The van der Waals surface area contributed by atoms with Crippen molar-refractivity contribution in [1.82, 2.24) is 15.3 Å². The molecule has 1 unspecified atom stereocenters. The lowest BCUT2D eigenvalue weighted by molar-refractivity contribution is 0.124. The molecule has 2 heterocycles. The highest BCUT2D eigenvalue weighted by Gasteiger charge is 2.28. The Kier molecular flexibility index (Phi) is 9.04. The van der Waals surface area contributed by atoms with Gasteiger partial charge in [-0.1, -0.05) is 32.0 Å². The predicted molar refractivity (Wildman–Crippen MR) is 149 cm³/mol. The molecule has 2 aromatic heterocycles. The molecule has 0 saturated carbocycles. The van der Waals surface area contributed by atoms with Crippen LogP contribution in [0.15, 0.2) is 63.5 Å². The molecule has 0 saturated heterocycles. The lowest BCUT2D eigenvalue weighted by Gasteiger charge is -2.28. The lowest BCUT2D eigenvalue weighted by atomic mass is 10.0. The topological polar surface area (TPSA) is 161 Å². The molecule has 2 aromatic carbocycles. The highest BCUT2D eigenvalue weighted by Crippen LogP contribution is 2.31. The Bertz CT molecular complexity index is 1500. The van der Waals surface area contributed by atoms with Gasteiger partial charge in [-0.2, -0.15) is 4.98 Å². The Labute approximate surface area is 230 Å². The molecule has 0 aliphatic carbocycles. The van der Waals surface area contributed by atoms with Gasteiger partial charge in [0.25, 0.3) is 16.0 Å². The zero-order chi connectivity index (χ0) is 28.0. The monoisotopic (exact) mass is 573 g/mol. The third-order valence-electron chi connectivity index (χ3n) is 5.81. The zero-order valence-corrected chi connectivity index (χ0v) is 23.2. The smallest absolute Gasteiger partial charge is 0.407 e. The van der Waals surface area contributed by atoms with Gasteiger partial charge in [-0.25, -0.2) is 13.2 Å². The maximum atomic E-state index is 13.9. The highest BCUT2D eigenvalue weighted by atomic mass is 32.2. The molecule has 11 nitrogen and oxygen atoms in total. The minimum Gasteiger partial charge on any atom is -0.444 e. The van der Waals surface area contributed by atoms with Gasteiger partial charge in [0.1, 0.15) is 12.1 Å². The van der Waals surface area contributed by atoms with Crippen LogP contribution in [0.5, 0.6) is 0 Å². The van der Waals surface area contributed by atoms with Crippen molar-refractivity contribution >= 4 is 50.3 Å². The Morgan fingerprint density at radius 1 is 1.26 bits per heavy atom. The van der Waals surface area contributed by atoms with E-state index in [1.165, 1.54) is 27.8 Å². The number of nitrogen functional groups attached to an aromatic ring is 1. The summed E-state index contributed by atoms with van der Waals surface area (Å²) >= 11 is 1.38. The summed E-state index contributed by atoms with van der Waals surface area (Å²) in [5.74, 6) is 0.0308. The number of aliphatic hydroxyl groups is 1. The summed E-state index contributed by atoms with van der Waals surface area (Å²) in [5.41, 5.74) is 9.30. The van der Waals surface area contributed by atoms with Crippen LogP contribution in [0.2, 0.25) is 0 Å². The summed E-state index contributed by atoms with van der Waals surface area (Å²) in [6, 6.07) is 11.6. The summed E-state index contributed by atoms with van der Waals surface area (Å²) in [4.78, 5) is 20.8. The first-order valence-electron chi connectivity index (χ1n) is 12.4. The van der Waals surface area contributed by atoms with E-state index in [4.69, 9.17) is 14.9 Å². The Hall–Kier alpha value is -3.68. The first-order valence-corrected chi connectivity index (χ1v) is 14.7. The number of thiazole rings is 1. The number of alkyl carbamates (subject to hydrolysis) is 1. The number of nitrogens with one attached hydrogen (secondary N) is 1. The Balaban J connectivity index is 1.46. The van der Waals surface area contributed by atoms with Crippen LogP contribution < -0.4 is 15.4 Å². The second kappa shape index (κ2) is 12.5. The molecule has 1 amide bonds. The van der Waals surface area contributed by atoms with Gasteiger partial charge in [0.2, 0.25) is 0 Å². The fourth-order valence-corrected chi connectivity index (χ4v) is 6.15. The number of benzene rings is 2. The van der Waals surface area contributed by atoms with Gasteiger partial charge in [0, 0.05) is 25.4 Å². The summed E-state index contributed by atoms with van der Waals surface area (Å²) in [6.07, 6.45) is 0.808. The molecule has 0 spiro atoms. The maximum Gasteiger partial charge on any atom is 0.407 e. The van der Waals surface area contributed by atoms with Crippen LogP contribution in [0, 0.1) is 5.92 Å². The van der Waals surface area contributed by atoms with Crippen LogP contribution >= 0.6 is 11.3 Å². The van der Waals surface area contributed by atoms with Crippen molar-refractivity contribution in [2.24, 2.45) is 5.92 Å². The van der Waals surface area contributed by atoms with Gasteiger partial charge < -0.3 is 25.3 Å². The quantitative estimate of drug-likeness (QED) is 0.228. The van der Waals surface area contributed by atoms with E-state index in [1.807, 2.05) is 26.0 Å². The van der Waals surface area contributed by atoms with Gasteiger partial charge >= 0.3 is 6.09 Å². The number of amides is 1. The number of carbonyl (C=O) groups excluding carboxylic acids is 1. The number of hydrogen-bond acceptors (Lipinski definition) is 10. The third kappa shape index (κ3) is 7.25. The third-order valence-corrected chi connectivity index (χ3v) is 8.34. The predicted octanol–water partition coefficient (Wildman–Crippen LogP) is 3.94. The number of aryl methyl sites for hydroxylation is 1. The number of rotatable bonds is 12. The fraction of sp³-hybridized carbons (Fsp3) is 0.346. The number of nitrogens with zero attached hydrogens (tertiary/aromatic N) is 3. The molecular weight excluding hydrogens is 542 g/mol. The molecular formula is C26H31N5O6S2. The number of nitrogens with two attached hydrogens (primary N) is 1. The van der Waals surface area contributed by atoms with E-state index < -0.39 is 22.2 Å². The molecule has 39 heavy (non-hydrogen) atoms. The van der Waals surface area contributed by atoms with Crippen molar-refractivity contribution < 1.29 is 27.5 Å². The number of para-hydroxylation sites is 1. The van der Waals surface area contributed by atoms with Crippen molar-refractivity contribution in [2.45, 2.75) is 44.3 Å². The van der Waals surface area contributed by atoms with E-state index in [2.05, 4.69) is 15.3 Å². The maximum absolute atomic E-state index is 13.9. The lowest BCUT2D eigenvalue weighted by Crippen LogP contribution is -2.35. The number of ether oxygens (including phenoxy) is 1. The number of aromatic nitrogens is 2. The van der Waals surface area contributed by atoms with E-state index in [1.54, 1.807) is 29.9 Å². The van der Waals surface area contributed by atoms with E-state index in [0.717, 1.165) is 10.4 Å². The molecule has 0 aliphatic rings. The first-order chi connectivity index (χ1) is 18.6. The van der Waals surface area contributed by atoms with Crippen molar-refractivity contribution in [3.63, 3.8) is 0 Å². The minimum atomic E-state index is -3.97. The van der Waals surface area contributed by atoms with Crippen LogP contribution in [0.25, 0.3) is 11.1 Å². The summed E-state index contributed by atoms with van der Waals surface area (Å²) in [5, 5.41) is 13.0. The van der Waals surface area contributed by atoms with Crippen molar-refractivity contribution in [2.75, 3.05) is 23.1 Å². The van der Waals surface area contributed by atoms with Crippen molar-refractivity contribution in [3.8, 4) is 0 Å². The average molecular weight is 574 g/mol. The number of aliphatic hydroxyl groups excluding tert-OH is 1. The first kappa shape index (κ1) is 28.3. The number of oxazole rings is 1. The van der Waals surface area contributed by atoms with Gasteiger partial charge in [-0.05, 0) is 42.5 Å². The molecule has 0 fully saturated rings. The fourth-order valence-electron chi connectivity index (χ4n) is 3.96. The zero-order valence-electron chi connectivity index (χ0n) is 21.6. The second-order valence-corrected chi connectivity index (χ2v) is 12.2. The molecule has 1 atom stereocenters. The standard InChI is InChI=1S/C26H31N5O6S2/c1-17(2)14-31(39(34,35)21-9-10-22-24(11-21)37-25(27)30-22)23-6-4-3-5-18(23)7-8-19(32)12-29-26(33)36-15-20-13-28-16-38-20/h3-6,9-11,13,16-17,19,32H,7-8,12,14-15H2,1-2H3,(H2,27,30)(H,29,33). The molecule has 4 rings (SSSR count). The Morgan fingerprint density at radius 2 is 2.05 bits per heavy atom. The number of carbonyl (C=O) groups is 1. The van der Waals surface area contributed by atoms with Gasteiger partial charge in [-0.3, -0.25) is 9.29 Å². The van der Waals surface area contributed by atoms with Crippen LogP contribution in [0.4, 0.5) is 16.5 Å². The van der Waals surface area contributed by atoms with E-state index >= 15 is 0 Å². The van der Waals surface area contributed by atoms with Crippen LogP contribution in [0.1, 0.15) is 30.7 Å². The van der Waals surface area contributed by atoms with Gasteiger partial charge in [-0.15, -0.1) is 11.3 Å². The summed E-state index contributed by atoms with van der Waals surface area (Å²) in [6.45, 7) is 4.23. The molecule has 0 bridgehead atoms. The largest absolute Gasteiger partial charge is 0.444 e. The summed E-state index contributed by atoms with van der Waals surface area (Å²) < 4.78 is 39.5. The van der Waals surface area contributed by atoms with E-state index in [9.17, 15) is 18.3 Å². The number of hydrogen-bond donors (Lipinski definition) is 3. The van der Waals surface area contributed by atoms with Crippen molar-refractivity contribution in [3.05, 3.63) is 64.6 Å². The number of fused-ring (bicyclic) bond motifs is 1. The molecule has 208 valence electrons. The van der Waals surface area contributed by atoms with E-state index in [0.29, 0.717) is 24.0 Å². The summed E-state index contributed by atoms with van der Waals surface area (Å²) in [7, 11) is -3.97. The van der Waals surface area contributed by atoms with Gasteiger partial charge in [0.05, 0.1) is 27.1 Å².